The number of anilines is 1. The summed E-state index contributed by atoms with van der Waals surface area (Å²) in [5.74, 6) is -2.18. The summed E-state index contributed by atoms with van der Waals surface area (Å²) in [5.41, 5.74) is 2.14. The molecule has 1 aromatic carbocycles. The van der Waals surface area contributed by atoms with Crippen LogP contribution in [-0.4, -0.2) is 28.2 Å². The van der Waals surface area contributed by atoms with Crippen molar-refractivity contribution in [2.24, 2.45) is 12.5 Å². The van der Waals surface area contributed by atoms with Gasteiger partial charge in [0.25, 0.3) is 17.6 Å². The number of hydrogen-bond donors (Lipinski definition) is 2. The molecular weight excluding hydrogens is 385 g/mol. The van der Waals surface area contributed by atoms with Crippen LogP contribution in [0.5, 0.6) is 0 Å². The molecule has 0 aliphatic heterocycles. The zero-order chi connectivity index (χ0) is 23.0. The molecule has 1 unspecified atom stereocenters. The Bertz CT molecular complexity index is 1020. The van der Waals surface area contributed by atoms with Crippen molar-refractivity contribution in [2.75, 3.05) is 5.32 Å². The van der Waals surface area contributed by atoms with Gasteiger partial charge in [0.15, 0.2) is 0 Å². The quantitative estimate of drug-likeness (QED) is 0.571. The smallest absolute Gasteiger partial charge is 0.294 e. The van der Waals surface area contributed by atoms with E-state index in [4.69, 9.17) is 0 Å². The Hall–Kier alpha value is -2.96. The van der Waals surface area contributed by atoms with Gasteiger partial charge in [-0.15, -0.1) is 0 Å². The second kappa shape index (κ2) is 8.42. The number of nitrogens with zero attached hydrogens (tertiary/aromatic N) is 1. The number of halogens is 1. The van der Waals surface area contributed by atoms with Gasteiger partial charge in [0, 0.05) is 24.5 Å². The van der Waals surface area contributed by atoms with Crippen LogP contribution in [0.4, 0.5) is 10.1 Å². The Morgan fingerprint density at radius 2 is 1.70 bits per heavy atom. The third-order valence-corrected chi connectivity index (χ3v) is 5.64. The van der Waals surface area contributed by atoms with Gasteiger partial charge in [-0.1, -0.05) is 20.8 Å². The van der Waals surface area contributed by atoms with Crippen molar-refractivity contribution < 1.29 is 18.8 Å². The molecule has 2 amide bonds. The summed E-state index contributed by atoms with van der Waals surface area (Å²) >= 11 is 0. The van der Waals surface area contributed by atoms with Crippen LogP contribution in [-0.2, 0) is 11.8 Å². The predicted molar refractivity (Wildman–Crippen MR) is 115 cm³/mol. The van der Waals surface area contributed by atoms with Gasteiger partial charge in [0.2, 0.25) is 0 Å². The average Bonchev–Trinajstić information content (AvgIpc) is 2.85. The summed E-state index contributed by atoms with van der Waals surface area (Å²) < 4.78 is 15.0. The minimum Gasteiger partial charge on any atom is -0.346 e. The highest BCUT2D eigenvalue weighted by Crippen LogP contribution is 2.24. The zero-order valence-electron chi connectivity index (χ0n) is 18.9. The number of amides is 2. The lowest BCUT2D eigenvalue weighted by molar-refractivity contribution is -0.118. The maximum absolute atomic E-state index is 13.5. The van der Waals surface area contributed by atoms with Crippen molar-refractivity contribution in [1.82, 2.24) is 9.88 Å². The molecule has 2 rings (SSSR count). The maximum atomic E-state index is 13.5. The van der Waals surface area contributed by atoms with E-state index in [0.29, 0.717) is 28.1 Å². The number of carbonyl (C=O) groups is 3. The van der Waals surface area contributed by atoms with E-state index in [9.17, 15) is 18.8 Å². The standard InChI is InChI=1S/C23H30FN3O3/c1-12-11-16(9-10-17(12)24)26-21(29)18-13(2)19(27(8)14(18)3)20(28)22(30)25-15(4)23(5,6)7/h9-11,15H,1-8H3,(H,25,30)(H,26,29). The fraction of sp³-hybridized carbons (Fsp3) is 0.435. The van der Waals surface area contributed by atoms with E-state index in [2.05, 4.69) is 10.6 Å². The first-order valence-corrected chi connectivity index (χ1v) is 9.84. The van der Waals surface area contributed by atoms with Gasteiger partial charge >= 0.3 is 0 Å². The number of nitrogens with one attached hydrogen (secondary N) is 2. The SMILES string of the molecule is Cc1cc(NC(=O)c2c(C)c(C(=O)C(=O)NC(C)C(C)(C)C)n(C)c2C)ccc1F. The van der Waals surface area contributed by atoms with Gasteiger partial charge in [0.05, 0.1) is 11.3 Å². The van der Waals surface area contributed by atoms with E-state index < -0.39 is 17.6 Å². The lowest BCUT2D eigenvalue weighted by atomic mass is 9.88. The lowest BCUT2D eigenvalue weighted by Crippen LogP contribution is -2.44. The first kappa shape index (κ1) is 23.3. The molecule has 162 valence electrons. The Kier molecular flexibility index (Phi) is 6.54. The molecule has 0 spiro atoms. The van der Waals surface area contributed by atoms with Gasteiger partial charge in [-0.05, 0) is 62.4 Å². The Morgan fingerprint density at radius 1 is 1.10 bits per heavy atom. The first-order valence-electron chi connectivity index (χ1n) is 9.84. The summed E-state index contributed by atoms with van der Waals surface area (Å²) in [5, 5.41) is 5.48. The van der Waals surface area contributed by atoms with E-state index in [1.165, 1.54) is 18.2 Å². The molecule has 0 radical (unpaired) electrons. The highest BCUT2D eigenvalue weighted by molar-refractivity contribution is 6.43. The van der Waals surface area contributed by atoms with Crippen LogP contribution in [0.1, 0.15) is 65.4 Å². The number of benzene rings is 1. The molecule has 0 saturated heterocycles. The number of carbonyl (C=O) groups excluding carboxylic acids is 3. The second-order valence-corrected chi connectivity index (χ2v) is 8.80. The Labute approximate surface area is 176 Å². The van der Waals surface area contributed by atoms with Crippen LogP contribution in [0.25, 0.3) is 0 Å². The molecule has 1 atom stereocenters. The van der Waals surface area contributed by atoms with Gasteiger partial charge in [-0.3, -0.25) is 14.4 Å². The molecule has 2 aromatic rings. The number of ketones is 1. The van der Waals surface area contributed by atoms with Gasteiger partial charge in [-0.2, -0.15) is 0 Å². The molecule has 0 saturated carbocycles. The van der Waals surface area contributed by atoms with Crippen LogP contribution in [0, 0.1) is 32.0 Å². The number of rotatable bonds is 5. The highest BCUT2D eigenvalue weighted by atomic mass is 19.1. The Balaban J connectivity index is 2.33. The molecule has 2 N–H and O–H groups in total. The van der Waals surface area contributed by atoms with Crippen LogP contribution in [0.2, 0.25) is 0 Å². The van der Waals surface area contributed by atoms with Crippen molar-refractivity contribution in [3.8, 4) is 0 Å². The third kappa shape index (κ3) is 4.61. The molecule has 0 fully saturated rings. The molecule has 1 aromatic heterocycles. The summed E-state index contributed by atoms with van der Waals surface area (Å²) in [6.45, 7) is 12.7. The molecule has 0 bridgehead atoms. The van der Waals surface area contributed by atoms with Crippen molar-refractivity contribution in [1.29, 1.82) is 0 Å². The fourth-order valence-electron chi connectivity index (χ4n) is 3.14. The summed E-state index contributed by atoms with van der Waals surface area (Å²) in [6.07, 6.45) is 0. The topological polar surface area (TPSA) is 80.2 Å². The normalized spacial score (nSPS) is 12.4. The summed E-state index contributed by atoms with van der Waals surface area (Å²) in [6, 6.07) is 4.08. The third-order valence-electron chi connectivity index (χ3n) is 5.64. The number of aryl methyl sites for hydroxylation is 1. The van der Waals surface area contributed by atoms with E-state index in [-0.39, 0.29) is 23.0 Å². The first-order chi connectivity index (χ1) is 13.8. The molecule has 0 aliphatic carbocycles. The van der Waals surface area contributed by atoms with E-state index in [0.717, 1.165) is 0 Å². The molecule has 30 heavy (non-hydrogen) atoms. The van der Waals surface area contributed by atoms with Crippen LogP contribution in [0.3, 0.4) is 0 Å². The minimum absolute atomic E-state index is 0.173. The van der Waals surface area contributed by atoms with Crippen LogP contribution < -0.4 is 10.6 Å². The van der Waals surface area contributed by atoms with E-state index >= 15 is 0 Å². The van der Waals surface area contributed by atoms with Crippen molar-refractivity contribution in [3.05, 3.63) is 52.1 Å². The minimum atomic E-state index is -0.706. The number of Topliss-reactive ketones (excluding diaryl/α,β-unsaturated/α-hetero) is 1. The van der Waals surface area contributed by atoms with Crippen LogP contribution >= 0.6 is 0 Å². The zero-order valence-corrected chi connectivity index (χ0v) is 18.9. The molecule has 1 heterocycles. The second-order valence-electron chi connectivity index (χ2n) is 8.80. The molecular formula is C23H30FN3O3. The van der Waals surface area contributed by atoms with Crippen molar-refractivity contribution in [2.45, 2.75) is 54.5 Å². The van der Waals surface area contributed by atoms with E-state index in [1.54, 1.807) is 32.4 Å². The monoisotopic (exact) mass is 415 g/mol. The highest BCUT2D eigenvalue weighted by Gasteiger charge is 2.31. The fourth-order valence-corrected chi connectivity index (χ4v) is 3.14. The maximum Gasteiger partial charge on any atom is 0.294 e. The molecule has 0 aliphatic rings. The average molecular weight is 416 g/mol. The van der Waals surface area contributed by atoms with Crippen LogP contribution in [0.15, 0.2) is 18.2 Å². The van der Waals surface area contributed by atoms with Crippen molar-refractivity contribution in [3.63, 3.8) is 0 Å². The predicted octanol–water partition coefficient (Wildman–Crippen LogP) is 4.08. The Morgan fingerprint density at radius 3 is 2.23 bits per heavy atom. The molecule has 6 nitrogen and oxygen atoms in total. The summed E-state index contributed by atoms with van der Waals surface area (Å²) in [7, 11) is 1.65. The number of hydrogen-bond acceptors (Lipinski definition) is 3. The van der Waals surface area contributed by atoms with Gasteiger partial charge < -0.3 is 15.2 Å². The number of aromatic nitrogens is 1. The van der Waals surface area contributed by atoms with Gasteiger partial charge in [-0.25, -0.2) is 4.39 Å². The lowest BCUT2D eigenvalue weighted by Gasteiger charge is -2.27. The van der Waals surface area contributed by atoms with E-state index in [1.807, 2.05) is 27.7 Å². The molecule has 7 heteroatoms. The van der Waals surface area contributed by atoms with Crippen molar-refractivity contribution >= 4 is 23.3 Å². The largest absolute Gasteiger partial charge is 0.346 e. The summed E-state index contributed by atoms with van der Waals surface area (Å²) in [4.78, 5) is 38.3. The van der Waals surface area contributed by atoms with Gasteiger partial charge in [0.1, 0.15) is 5.82 Å².